The molecule has 0 bridgehead atoms. The number of benzene rings is 2. The molecule has 3 rings (SSSR count). The lowest BCUT2D eigenvalue weighted by molar-refractivity contribution is 0.318. The Morgan fingerprint density at radius 3 is 1.68 bits per heavy atom. The highest BCUT2D eigenvalue weighted by Gasteiger charge is 2.10. The topological polar surface area (TPSA) is 58.4 Å². The van der Waals surface area contributed by atoms with E-state index in [1.165, 1.54) is 0 Å². The first-order valence-electron chi connectivity index (χ1n) is 6.97. The minimum Gasteiger partial charge on any atom is -0.411 e. The van der Waals surface area contributed by atoms with Crippen molar-refractivity contribution < 1.29 is 5.21 Å². The van der Waals surface area contributed by atoms with Crippen molar-refractivity contribution >= 4 is 5.71 Å². The molecule has 1 heterocycles. The maximum absolute atomic E-state index is 9.02. The molecule has 108 valence electrons. The maximum atomic E-state index is 9.02. The van der Waals surface area contributed by atoms with Crippen LogP contribution < -0.4 is 0 Å². The molecule has 0 unspecified atom stereocenters. The number of nitrogens with zero attached hydrogens (tertiary/aromatic N) is 3. The van der Waals surface area contributed by atoms with Crippen LogP contribution in [-0.4, -0.2) is 20.9 Å². The van der Waals surface area contributed by atoms with Gasteiger partial charge in [-0.15, -0.1) is 0 Å². The summed E-state index contributed by atoms with van der Waals surface area (Å²) in [5.74, 6) is 0.419. The van der Waals surface area contributed by atoms with Crippen LogP contribution in [0.5, 0.6) is 0 Å². The second kappa shape index (κ2) is 6.18. The molecule has 0 saturated carbocycles. The van der Waals surface area contributed by atoms with E-state index in [4.69, 9.17) is 5.21 Å². The molecule has 3 aromatic rings. The van der Waals surface area contributed by atoms with Crippen LogP contribution in [0, 0.1) is 0 Å². The Morgan fingerprint density at radius 2 is 1.27 bits per heavy atom. The zero-order valence-electron chi connectivity index (χ0n) is 12.1. The Bertz CT molecular complexity index is 741. The van der Waals surface area contributed by atoms with Crippen LogP contribution >= 0.6 is 0 Å². The van der Waals surface area contributed by atoms with Gasteiger partial charge >= 0.3 is 0 Å². The molecular weight excluding hydrogens is 274 g/mol. The molecule has 1 aromatic heterocycles. The van der Waals surface area contributed by atoms with Crippen molar-refractivity contribution in [2.24, 2.45) is 5.16 Å². The number of rotatable bonds is 3. The lowest BCUT2D eigenvalue weighted by Crippen LogP contribution is -2.05. The minimum absolute atomic E-state index is 0.384. The average molecular weight is 289 g/mol. The Morgan fingerprint density at radius 1 is 0.818 bits per heavy atom. The summed E-state index contributed by atoms with van der Waals surface area (Å²) in [7, 11) is 0. The fourth-order valence-corrected chi connectivity index (χ4v) is 2.17. The van der Waals surface area contributed by atoms with Crippen molar-refractivity contribution in [3.63, 3.8) is 0 Å². The van der Waals surface area contributed by atoms with Gasteiger partial charge in [0.15, 0.2) is 5.82 Å². The molecule has 4 heteroatoms. The summed E-state index contributed by atoms with van der Waals surface area (Å²) in [6, 6.07) is 21.7. The fourth-order valence-electron chi connectivity index (χ4n) is 2.17. The van der Waals surface area contributed by atoms with Crippen molar-refractivity contribution in [3.8, 4) is 22.5 Å². The van der Waals surface area contributed by atoms with Crippen LogP contribution in [0.3, 0.4) is 0 Å². The van der Waals surface area contributed by atoms with Crippen LogP contribution in [0.2, 0.25) is 0 Å². The molecular formula is C18H15N3O. The van der Waals surface area contributed by atoms with Crippen LogP contribution in [0.15, 0.2) is 71.9 Å². The Balaban J connectivity index is 2.19. The zero-order chi connectivity index (χ0) is 15.4. The molecule has 0 spiro atoms. The molecule has 2 aromatic carbocycles. The van der Waals surface area contributed by atoms with Crippen molar-refractivity contribution in [1.82, 2.24) is 9.97 Å². The SMILES string of the molecule is CC(=NO)c1nc(-c2ccccc2)cc(-c2ccccc2)n1. The number of aromatic nitrogens is 2. The van der Waals surface area contributed by atoms with Gasteiger partial charge < -0.3 is 5.21 Å². The highest BCUT2D eigenvalue weighted by molar-refractivity contribution is 5.95. The van der Waals surface area contributed by atoms with Crippen LogP contribution in [0.25, 0.3) is 22.5 Å². The summed E-state index contributed by atoms with van der Waals surface area (Å²) in [6.45, 7) is 1.68. The van der Waals surface area contributed by atoms with Gasteiger partial charge in [0.2, 0.25) is 0 Å². The number of hydrogen-bond acceptors (Lipinski definition) is 4. The lowest BCUT2D eigenvalue weighted by Gasteiger charge is -2.08. The molecule has 0 saturated heterocycles. The molecule has 1 N–H and O–H groups in total. The summed E-state index contributed by atoms with van der Waals surface area (Å²) < 4.78 is 0. The standard InChI is InChI=1S/C18H15N3O/c1-13(21-22)18-19-16(14-8-4-2-5-9-14)12-17(20-18)15-10-6-3-7-11-15/h2-12,22H,1H3. The predicted molar refractivity (Wildman–Crippen MR) is 86.9 cm³/mol. The van der Waals surface area contributed by atoms with Gasteiger partial charge in [0.25, 0.3) is 0 Å². The zero-order valence-corrected chi connectivity index (χ0v) is 12.1. The first kappa shape index (κ1) is 13.9. The molecule has 0 aliphatic rings. The summed E-state index contributed by atoms with van der Waals surface area (Å²) in [4.78, 5) is 9.00. The number of oxime groups is 1. The van der Waals surface area contributed by atoms with E-state index in [2.05, 4.69) is 15.1 Å². The monoisotopic (exact) mass is 289 g/mol. The van der Waals surface area contributed by atoms with Gasteiger partial charge in [-0.25, -0.2) is 9.97 Å². The predicted octanol–water partition coefficient (Wildman–Crippen LogP) is 4.01. The van der Waals surface area contributed by atoms with Crippen molar-refractivity contribution in [3.05, 3.63) is 72.6 Å². The number of hydrogen-bond donors (Lipinski definition) is 1. The third-order valence-electron chi connectivity index (χ3n) is 3.34. The first-order valence-corrected chi connectivity index (χ1v) is 6.97. The molecule has 4 nitrogen and oxygen atoms in total. The molecule has 0 aliphatic carbocycles. The van der Waals surface area contributed by atoms with Gasteiger partial charge in [0, 0.05) is 11.1 Å². The van der Waals surface area contributed by atoms with E-state index in [9.17, 15) is 0 Å². The lowest BCUT2D eigenvalue weighted by atomic mass is 10.1. The van der Waals surface area contributed by atoms with Crippen LogP contribution in [0.4, 0.5) is 0 Å². The van der Waals surface area contributed by atoms with E-state index in [0.717, 1.165) is 22.5 Å². The largest absolute Gasteiger partial charge is 0.411 e. The smallest absolute Gasteiger partial charge is 0.178 e. The van der Waals surface area contributed by atoms with Gasteiger partial charge in [-0.05, 0) is 13.0 Å². The van der Waals surface area contributed by atoms with Crippen LogP contribution in [0.1, 0.15) is 12.7 Å². The molecule has 0 aliphatic heterocycles. The average Bonchev–Trinajstić information content (AvgIpc) is 2.62. The van der Waals surface area contributed by atoms with E-state index in [1.807, 2.05) is 66.7 Å². The Kier molecular flexibility index (Phi) is 3.92. The normalized spacial score (nSPS) is 11.4. The summed E-state index contributed by atoms with van der Waals surface area (Å²) in [5, 5.41) is 12.2. The second-order valence-electron chi connectivity index (χ2n) is 4.88. The molecule has 0 amide bonds. The van der Waals surface area contributed by atoms with Crippen molar-refractivity contribution in [2.75, 3.05) is 0 Å². The van der Waals surface area contributed by atoms with E-state index in [-0.39, 0.29) is 0 Å². The minimum atomic E-state index is 0.384. The summed E-state index contributed by atoms with van der Waals surface area (Å²) in [5.41, 5.74) is 3.97. The molecule has 0 atom stereocenters. The molecule has 22 heavy (non-hydrogen) atoms. The summed E-state index contributed by atoms with van der Waals surface area (Å²) >= 11 is 0. The van der Waals surface area contributed by atoms with E-state index in [1.54, 1.807) is 6.92 Å². The van der Waals surface area contributed by atoms with Gasteiger partial charge in [0.05, 0.1) is 11.4 Å². The van der Waals surface area contributed by atoms with E-state index in [0.29, 0.717) is 11.5 Å². The summed E-state index contributed by atoms with van der Waals surface area (Å²) in [6.07, 6.45) is 0. The van der Waals surface area contributed by atoms with Crippen molar-refractivity contribution in [1.29, 1.82) is 0 Å². The van der Waals surface area contributed by atoms with Gasteiger partial charge in [-0.2, -0.15) is 0 Å². The Labute approximate surface area is 128 Å². The van der Waals surface area contributed by atoms with Gasteiger partial charge in [-0.3, -0.25) is 0 Å². The van der Waals surface area contributed by atoms with Crippen LogP contribution in [-0.2, 0) is 0 Å². The third-order valence-corrected chi connectivity index (χ3v) is 3.34. The van der Waals surface area contributed by atoms with E-state index < -0.39 is 0 Å². The van der Waals surface area contributed by atoms with Crippen molar-refractivity contribution in [2.45, 2.75) is 6.92 Å². The highest BCUT2D eigenvalue weighted by Crippen LogP contribution is 2.23. The first-order chi connectivity index (χ1) is 10.8. The van der Waals surface area contributed by atoms with E-state index >= 15 is 0 Å². The molecule has 0 fully saturated rings. The maximum Gasteiger partial charge on any atom is 0.178 e. The quantitative estimate of drug-likeness (QED) is 0.450. The second-order valence-corrected chi connectivity index (χ2v) is 4.88. The highest BCUT2D eigenvalue weighted by atomic mass is 16.4. The van der Waals surface area contributed by atoms with Gasteiger partial charge in [-0.1, -0.05) is 65.8 Å². The molecule has 0 radical (unpaired) electrons. The third kappa shape index (κ3) is 2.86. The van der Waals surface area contributed by atoms with Gasteiger partial charge in [0.1, 0.15) is 5.71 Å². The Hall–Kier alpha value is -3.01. The fraction of sp³-hybridized carbons (Fsp3) is 0.0556.